The van der Waals surface area contributed by atoms with Gasteiger partial charge in [0.25, 0.3) is 0 Å². The molecule has 1 aromatic rings. The Kier molecular flexibility index (Phi) is 5.29. The number of piperazine rings is 1. The fourth-order valence-corrected chi connectivity index (χ4v) is 3.61. The first-order chi connectivity index (χ1) is 11.9. The Morgan fingerprint density at radius 3 is 2.40 bits per heavy atom. The molecule has 3 N–H and O–H groups in total. The Bertz CT molecular complexity index is 596. The van der Waals surface area contributed by atoms with E-state index in [1.54, 1.807) is 0 Å². The summed E-state index contributed by atoms with van der Waals surface area (Å²) in [4.78, 5) is 17.1. The molecule has 5 nitrogen and oxygen atoms in total. The van der Waals surface area contributed by atoms with E-state index in [1.807, 2.05) is 19.1 Å². The van der Waals surface area contributed by atoms with Crippen molar-refractivity contribution in [2.75, 3.05) is 37.6 Å². The van der Waals surface area contributed by atoms with Crippen LogP contribution in [0, 0.1) is 11.7 Å². The van der Waals surface area contributed by atoms with E-state index in [9.17, 15) is 9.18 Å². The second-order valence-corrected chi connectivity index (χ2v) is 7.56. The molecule has 2 fully saturated rings. The Hall–Kier alpha value is -1.66. The molecule has 2 atom stereocenters. The van der Waals surface area contributed by atoms with Crippen LogP contribution in [0.1, 0.15) is 26.7 Å². The number of carbonyl (C=O) groups is 1. The molecule has 6 heteroatoms. The van der Waals surface area contributed by atoms with Crippen molar-refractivity contribution in [2.45, 2.75) is 38.3 Å². The lowest BCUT2D eigenvalue weighted by molar-refractivity contribution is -0.128. The molecule has 1 aromatic carbocycles. The summed E-state index contributed by atoms with van der Waals surface area (Å²) >= 11 is 0. The Morgan fingerprint density at radius 2 is 1.88 bits per heavy atom. The molecule has 1 amide bonds. The number of halogens is 1. The molecular weight excluding hydrogens is 319 g/mol. The molecule has 25 heavy (non-hydrogen) atoms. The molecule has 3 rings (SSSR count). The Morgan fingerprint density at radius 1 is 1.28 bits per heavy atom. The fourth-order valence-electron chi connectivity index (χ4n) is 3.61. The normalized spacial score (nSPS) is 22.3. The van der Waals surface area contributed by atoms with Crippen molar-refractivity contribution < 1.29 is 9.18 Å². The standard InChI is InChI=1S/C19H29FN4O/c1-14(18(25)22-19(2,13-21)15-3-4-15)23-9-11-24(12-10-23)17-7-5-16(20)6-8-17/h5-8,14-15H,3-4,9-13,21H2,1-2H3,(H,22,25). The third-order valence-corrected chi connectivity index (χ3v) is 5.74. The van der Waals surface area contributed by atoms with Gasteiger partial charge >= 0.3 is 0 Å². The van der Waals surface area contributed by atoms with E-state index in [-0.39, 0.29) is 23.3 Å². The van der Waals surface area contributed by atoms with E-state index in [4.69, 9.17) is 5.73 Å². The topological polar surface area (TPSA) is 61.6 Å². The Balaban J connectivity index is 1.53. The van der Waals surface area contributed by atoms with E-state index >= 15 is 0 Å². The monoisotopic (exact) mass is 348 g/mol. The predicted octanol–water partition coefficient (Wildman–Crippen LogP) is 1.58. The van der Waals surface area contributed by atoms with Crippen LogP contribution in [0.25, 0.3) is 0 Å². The van der Waals surface area contributed by atoms with E-state index in [1.165, 1.54) is 12.1 Å². The Labute approximate surface area is 149 Å². The maximum absolute atomic E-state index is 13.1. The van der Waals surface area contributed by atoms with Gasteiger partial charge in [-0.05, 0) is 56.9 Å². The lowest BCUT2D eigenvalue weighted by atomic mass is 9.95. The molecule has 1 aliphatic heterocycles. The third kappa shape index (κ3) is 4.12. The lowest BCUT2D eigenvalue weighted by Crippen LogP contribution is -2.60. The summed E-state index contributed by atoms with van der Waals surface area (Å²) in [5.74, 6) is 0.366. The molecule has 2 aliphatic rings. The fraction of sp³-hybridized carbons (Fsp3) is 0.632. The molecule has 1 heterocycles. The van der Waals surface area contributed by atoms with Crippen molar-refractivity contribution in [3.8, 4) is 0 Å². The third-order valence-electron chi connectivity index (χ3n) is 5.74. The SMILES string of the molecule is CC(C(=O)NC(C)(CN)C1CC1)N1CCN(c2ccc(F)cc2)CC1. The van der Waals surface area contributed by atoms with Gasteiger partial charge in [-0.2, -0.15) is 0 Å². The van der Waals surface area contributed by atoms with Gasteiger partial charge in [0.2, 0.25) is 5.91 Å². The number of amides is 1. The molecule has 0 bridgehead atoms. The summed E-state index contributed by atoms with van der Waals surface area (Å²) in [6, 6.07) is 6.43. The minimum absolute atomic E-state index is 0.0649. The van der Waals surface area contributed by atoms with Gasteiger partial charge in [-0.25, -0.2) is 4.39 Å². The van der Waals surface area contributed by atoms with Gasteiger partial charge in [0.1, 0.15) is 5.82 Å². The number of hydrogen-bond donors (Lipinski definition) is 2. The van der Waals surface area contributed by atoms with Crippen molar-refractivity contribution >= 4 is 11.6 Å². The van der Waals surface area contributed by atoms with Crippen LogP contribution in [-0.4, -0.2) is 55.1 Å². The molecule has 1 aliphatic carbocycles. The molecule has 0 radical (unpaired) electrons. The van der Waals surface area contributed by atoms with Crippen molar-refractivity contribution in [2.24, 2.45) is 11.7 Å². The maximum atomic E-state index is 13.1. The first-order valence-electron chi connectivity index (χ1n) is 9.19. The van der Waals surface area contributed by atoms with Gasteiger partial charge in [-0.1, -0.05) is 0 Å². The number of anilines is 1. The second kappa shape index (κ2) is 7.30. The highest BCUT2D eigenvalue weighted by atomic mass is 19.1. The summed E-state index contributed by atoms with van der Waals surface area (Å²) in [6.45, 7) is 7.80. The number of nitrogens with zero attached hydrogens (tertiary/aromatic N) is 2. The van der Waals surface area contributed by atoms with Crippen LogP contribution < -0.4 is 16.0 Å². The molecular formula is C19H29FN4O. The minimum atomic E-state index is -0.277. The number of nitrogens with two attached hydrogens (primary N) is 1. The van der Waals surface area contributed by atoms with Gasteiger partial charge in [0.15, 0.2) is 0 Å². The quantitative estimate of drug-likeness (QED) is 0.819. The number of rotatable bonds is 6. The summed E-state index contributed by atoms with van der Waals surface area (Å²) in [7, 11) is 0. The van der Waals surface area contributed by atoms with Crippen molar-refractivity contribution in [3.05, 3.63) is 30.1 Å². The smallest absolute Gasteiger partial charge is 0.237 e. The minimum Gasteiger partial charge on any atom is -0.369 e. The lowest BCUT2D eigenvalue weighted by Gasteiger charge is -2.40. The number of carbonyl (C=O) groups excluding carboxylic acids is 1. The van der Waals surface area contributed by atoms with Crippen molar-refractivity contribution in [1.29, 1.82) is 0 Å². The highest BCUT2D eigenvalue weighted by molar-refractivity contribution is 5.82. The van der Waals surface area contributed by atoms with Gasteiger partial charge in [-0.3, -0.25) is 9.69 Å². The van der Waals surface area contributed by atoms with E-state index in [0.717, 1.165) is 44.7 Å². The van der Waals surface area contributed by atoms with Crippen LogP contribution >= 0.6 is 0 Å². The summed E-state index contributed by atoms with van der Waals surface area (Å²) in [5.41, 5.74) is 6.66. The number of benzene rings is 1. The van der Waals surface area contributed by atoms with Crippen LogP contribution in [0.5, 0.6) is 0 Å². The average Bonchev–Trinajstić information content (AvgIpc) is 3.47. The number of hydrogen-bond acceptors (Lipinski definition) is 4. The van der Waals surface area contributed by atoms with E-state index < -0.39 is 0 Å². The van der Waals surface area contributed by atoms with Crippen LogP contribution in [0.15, 0.2) is 24.3 Å². The first-order valence-corrected chi connectivity index (χ1v) is 9.19. The largest absolute Gasteiger partial charge is 0.369 e. The average molecular weight is 348 g/mol. The maximum Gasteiger partial charge on any atom is 0.237 e. The molecule has 1 saturated carbocycles. The highest BCUT2D eigenvalue weighted by Crippen LogP contribution is 2.39. The molecule has 1 saturated heterocycles. The molecule has 2 unspecified atom stereocenters. The van der Waals surface area contributed by atoms with Crippen LogP contribution in [0.4, 0.5) is 10.1 Å². The van der Waals surface area contributed by atoms with Gasteiger partial charge in [0.05, 0.1) is 11.6 Å². The van der Waals surface area contributed by atoms with Crippen LogP contribution in [-0.2, 0) is 4.79 Å². The molecule has 0 spiro atoms. The predicted molar refractivity (Wildman–Crippen MR) is 98.0 cm³/mol. The zero-order valence-electron chi connectivity index (χ0n) is 15.2. The van der Waals surface area contributed by atoms with E-state index in [2.05, 4.69) is 22.0 Å². The zero-order chi connectivity index (χ0) is 18.0. The summed E-state index contributed by atoms with van der Waals surface area (Å²) in [6.07, 6.45) is 2.30. The second-order valence-electron chi connectivity index (χ2n) is 7.56. The van der Waals surface area contributed by atoms with Crippen LogP contribution in [0.2, 0.25) is 0 Å². The number of nitrogens with one attached hydrogen (secondary N) is 1. The first kappa shape index (κ1) is 18.1. The van der Waals surface area contributed by atoms with Gasteiger partial charge < -0.3 is 16.0 Å². The van der Waals surface area contributed by atoms with Crippen molar-refractivity contribution in [1.82, 2.24) is 10.2 Å². The molecule has 138 valence electrons. The summed E-state index contributed by atoms with van der Waals surface area (Å²) in [5, 5.41) is 3.19. The zero-order valence-corrected chi connectivity index (χ0v) is 15.2. The van der Waals surface area contributed by atoms with Crippen molar-refractivity contribution in [3.63, 3.8) is 0 Å². The van der Waals surface area contributed by atoms with Crippen LogP contribution in [0.3, 0.4) is 0 Å². The van der Waals surface area contributed by atoms with E-state index in [0.29, 0.717) is 12.5 Å². The van der Waals surface area contributed by atoms with Gasteiger partial charge in [-0.15, -0.1) is 0 Å². The highest BCUT2D eigenvalue weighted by Gasteiger charge is 2.42. The van der Waals surface area contributed by atoms with Gasteiger partial charge in [0, 0.05) is 38.4 Å². The summed E-state index contributed by atoms with van der Waals surface area (Å²) < 4.78 is 13.1. The molecule has 0 aromatic heterocycles.